The van der Waals surface area contributed by atoms with Gasteiger partial charge in [0.1, 0.15) is 11.8 Å². The number of ether oxygens (including phenoxy) is 1. The van der Waals surface area contributed by atoms with Gasteiger partial charge in [-0.15, -0.1) is 0 Å². The van der Waals surface area contributed by atoms with Crippen molar-refractivity contribution in [2.75, 3.05) is 19.0 Å². The van der Waals surface area contributed by atoms with E-state index in [4.69, 9.17) is 4.74 Å². The van der Waals surface area contributed by atoms with E-state index in [1.54, 1.807) is 43.5 Å². The van der Waals surface area contributed by atoms with E-state index >= 15 is 0 Å². The zero-order chi connectivity index (χ0) is 21.2. The maximum absolute atomic E-state index is 13.2. The fraction of sp³-hybridized carbons (Fsp3) is 0.409. The Morgan fingerprint density at radius 3 is 2.24 bits per heavy atom. The van der Waals surface area contributed by atoms with Gasteiger partial charge in [0.25, 0.3) is 0 Å². The van der Waals surface area contributed by atoms with Crippen LogP contribution in [0.2, 0.25) is 0 Å². The number of nitrogens with one attached hydrogen (secondary N) is 1. The molecule has 1 fully saturated rings. The van der Waals surface area contributed by atoms with Gasteiger partial charge in [-0.3, -0.25) is 4.79 Å². The average molecular weight is 417 g/mol. The Morgan fingerprint density at radius 2 is 1.69 bits per heavy atom. The molecule has 0 aliphatic carbocycles. The molecule has 29 heavy (non-hydrogen) atoms. The SMILES string of the molecule is COc1ccc(NC(=O)C2CCCN2S(=O)(=O)c2ccc(C(C)(C)C)cc2)cc1. The Bertz CT molecular complexity index is 961. The summed E-state index contributed by atoms with van der Waals surface area (Å²) < 4.78 is 32.8. The molecule has 1 atom stereocenters. The number of hydrogen-bond acceptors (Lipinski definition) is 4. The molecule has 156 valence electrons. The van der Waals surface area contributed by atoms with E-state index in [0.717, 1.165) is 5.56 Å². The molecule has 6 nitrogen and oxygen atoms in total. The number of hydrogen-bond donors (Lipinski definition) is 1. The number of methoxy groups -OCH3 is 1. The summed E-state index contributed by atoms with van der Waals surface area (Å²) in [6.07, 6.45) is 1.15. The van der Waals surface area contributed by atoms with E-state index in [2.05, 4.69) is 26.1 Å². The molecule has 1 heterocycles. The maximum Gasteiger partial charge on any atom is 0.243 e. The van der Waals surface area contributed by atoms with E-state index in [-0.39, 0.29) is 16.2 Å². The van der Waals surface area contributed by atoms with E-state index in [1.807, 2.05) is 12.1 Å². The van der Waals surface area contributed by atoms with Gasteiger partial charge in [0, 0.05) is 12.2 Å². The van der Waals surface area contributed by atoms with Crippen molar-refractivity contribution in [2.45, 2.75) is 50.0 Å². The molecule has 1 aliphatic heterocycles. The third-order valence-electron chi connectivity index (χ3n) is 5.19. The number of benzene rings is 2. The van der Waals surface area contributed by atoms with Crippen LogP contribution in [0.1, 0.15) is 39.2 Å². The molecule has 1 saturated heterocycles. The molecular formula is C22H28N2O4S. The Hall–Kier alpha value is -2.38. The highest BCUT2D eigenvalue weighted by molar-refractivity contribution is 7.89. The molecule has 3 rings (SSSR count). The topological polar surface area (TPSA) is 75.7 Å². The van der Waals surface area contributed by atoms with Crippen LogP contribution in [0.5, 0.6) is 5.75 Å². The lowest BCUT2D eigenvalue weighted by molar-refractivity contribution is -0.119. The van der Waals surface area contributed by atoms with Crippen molar-refractivity contribution < 1.29 is 17.9 Å². The number of rotatable bonds is 5. The van der Waals surface area contributed by atoms with Crippen LogP contribution in [0.3, 0.4) is 0 Å². The predicted molar refractivity (Wildman–Crippen MR) is 114 cm³/mol. The second-order valence-electron chi connectivity index (χ2n) is 8.27. The first-order valence-corrected chi connectivity index (χ1v) is 11.1. The monoisotopic (exact) mass is 416 g/mol. The highest BCUT2D eigenvalue weighted by Crippen LogP contribution is 2.29. The smallest absolute Gasteiger partial charge is 0.243 e. The molecule has 2 aromatic carbocycles. The summed E-state index contributed by atoms with van der Waals surface area (Å²) in [5.74, 6) is 0.370. The highest BCUT2D eigenvalue weighted by atomic mass is 32.2. The molecule has 0 spiro atoms. The average Bonchev–Trinajstić information content (AvgIpc) is 3.19. The first-order valence-electron chi connectivity index (χ1n) is 9.70. The van der Waals surface area contributed by atoms with E-state index < -0.39 is 16.1 Å². The molecule has 0 saturated carbocycles. The van der Waals surface area contributed by atoms with Crippen LogP contribution >= 0.6 is 0 Å². The number of amides is 1. The summed E-state index contributed by atoms with van der Waals surface area (Å²) in [7, 11) is -2.17. The second kappa shape index (κ2) is 8.16. The van der Waals surface area contributed by atoms with Gasteiger partial charge in [0.05, 0.1) is 12.0 Å². The van der Waals surface area contributed by atoms with Crippen molar-refractivity contribution in [1.29, 1.82) is 0 Å². The minimum Gasteiger partial charge on any atom is -0.497 e. The fourth-order valence-corrected chi connectivity index (χ4v) is 5.11. The normalized spacial score (nSPS) is 17.9. The molecule has 7 heteroatoms. The third-order valence-corrected chi connectivity index (χ3v) is 7.11. The Morgan fingerprint density at radius 1 is 1.07 bits per heavy atom. The number of carbonyl (C=O) groups is 1. The minimum atomic E-state index is -3.75. The van der Waals surface area contributed by atoms with E-state index in [0.29, 0.717) is 30.8 Å². The quantitative estimate of drug-likeness (QED) is 0.805. The van der Waals surface area contributed by atoms with Crippen LogP contribution in [0.25, 0.3) is 0 Å². The summed E-state index contributed by atoms with van der Waals surface area (Å²) in [6.45, 7) is 6.58. The number of nitrogens with zero attached hydrogens (tertiary/aromatic N) is 1. The van der Waals surface area contributed by atoms with Gasteiger partial charge in [0.15, 0.2) is 0 Å². The van der Waals surface area contributed by atoms with Crippen LogP contribution in [0.4, 0.5) is 5.69 Å². The van der Waals surface area contributed by atoms with E-state index in [1.165, 1.54) is 4.31 Å². The lowest BCUT2D eigenvalue weighted by atomic mass is 9.87. The van der Waals surface area contributed by atoms with Gasteiger partial charge in [0.2, 0.25) is 15.9 Å². The summed E-state index contributed by atoms with van der Waals surface area (Å²) in [6, 6.07) is 13.2. The van der Waals surface area contributed by atoms with Crippen molar-refractivity contribution in [3.05, 3.63) is 54.1 Å². The van der Waals surface area contributed by atoms with Gasteiger partial charge >= 0.3 is 0 Å². The summed E-state index contributed by atoms with van der Waals surface area (Å²) >= 11 is 0. The van der Waals surface area contributed by atoms with Gasteiger partial charge in [-0.05, 0) is 60.2 Å². The highest BCUT2D eigenvalue weighted by Gasteiger charge is 2.39. The van der Waals surface area contributed by atoms with Crippen LogP contribution in [-0.4, -0.2) is 38.3 Å². The molecule has 1 N–H and O–H groups in total. The standard InChI is InChI=1S/C22H28N2O4S/c1-22(2,3)16-7-13-19(14-8-16)29(26,27)24-15-5-6-20(24)21(25)23-17-9-11-18(28-4)12-10-17/h7-14,20H,5-6,15H2,1-4H3,(H,23,25). The lowest BCUT2D eigenvalue weighted by Crippen LogP contribution is -2.43. The molecule has 1 amide bonds. The zero-order valence-corrected chi connectivity index (χ0v) is 18.1. The third kappa shape index (κ3) is 4.62. The fourth-order valence-electron chi connectivity index (χ4n) is 3.45. The van der Waals surface area contributed by atoms with Crippen LogP contribution in [0, 0.1) is 0 Å². The molecular weight excluding hydrogens is 388 g/mol. The van der Waals surface area contributed by atoms with Gasteiger partial charge in [-0.1, -0.05) is 32.9 Å². The van der Waals surface area contributed by atoms with Crippen molar-refractivity contribution in [1.82, 2.24) is 4.31 Å². The van der Waals surface area contributed by atoms with Crippen molar-refractivity contribution in [2.24, 2.45) is 0 Å². The molecule has 0 radical (unpaired) electrons. The maximum atomic E-state index is 13.2. The minimum absolute atomic E-state index is 0.0588. The molecule has 0 aromatic heterocycles. The largest absolute Gasteiger partial charge is 0.497 e. The Balaban J connectivity index is 1.78. The van der Waals surface area contributed by atoms with E-state index in [9.17, 15) is 13.2 Å². The number of carbonyl (C=O) groups excluding carboxylic acids is 1. The zero-order valence-electron chi connectivity index (χ0n) is 17.3. The first-order chi connectivity index (χ1) is 13.6. The van der Waals surface area contributed by atoms with Crippen molar-refractivity contribution >= 4 is 21.6 Å². The molecule has 0 bridgehead atoms. The predicted octanol–water partition coefficient (Wildman–Crippen LogP) is 3.78. The van der Waals surface area contributed by atoms with Crippen molar-refractivity contribution in [3.63, 3.8) is 0 Å². The summed E-state index contributed by atoms with van der Waals surface area (Å²) in [5.41, 5.74) is 1.61. The van der Waals surface area contributed by atoms with Crippen LogP contribution in [0.15, 0.2) is 53.4 Å². The number of anilines is 1. The van der Waals surface area contributed by atoms with Crippen molar-refractivity contribution in [3.8, 4) is 5.75 Å². The Kier molecular flexibility index (Phi) is 6.00. The number of sulfonamides is 1. The Labute approximate surface area is 172 Å². The lowest BCUT2D eigenvalue weighted by Gasteiger charge is -2.24. The van der Waals surface area contributed by atoms with Gasteiger partial charge in [-0.25, -0.2) is 8.42 Å². The summed E-state index contributed by atoms with van der Waals surface area (Å²) in [4.78, 5) is 13.0. The molecule has 1 aliphatic rings. The van der Waals surface area contributed by atoms with Gasteiger partial charge in [-0.2, -0.15) is 4.31 Å². The summed E-state index contributed by atoms with van der Waals surface area (Å²) in [5, 5.41) is 2.82. The van der Waals surface area contributed by atoms with Crippen LogP contribution in [-0.2, 0) is 20.2 Å². The first kappa shape index (κ1) is 21.3. The van der Waals surface area contributed by atoms with Gasteiger partial charge < -0.3 is 10.1 Å². The molecule has 1 unspecified atom stereocenters. The second-order valence-corrected chi connectivity index (χ2v) is 10.2. The van der Waals surface area contributed by atoms with Crippen LogP contribution < -0.4 is 10.1 Å². The molecule has 2 aromatic rings.